The molecule has 0 saturated carbocycles. The first-order chi connectivity index (χ1) is 10.1. The van der Waals surface area contributed by atoms with Crippen LogP contribution in [-0.4, -0.2) is 18.4 Å². The second-order valence-electron chi connectivity index (χ2n) is 4.46. The molecule has 0 radical (unpaired) electrons. The standard InChI is InChI=1S/C15H11ClN2O2S/c16-13-7-5-10(21-13)6-8-15(20)18-9-14(19)17-11-3-1-2-4-12(11)18/h1-8H,9H2,(H,17,19)/b8-6+. The average molecular weight is 319 g/mol. The van der Waals surface area contributed by atoms with Crippen molar-refractivity contribution in [2.45, 2.75) is 0 Å². The summed E-state index contributed by atoms with van der Waals surface area (Å²) in [6, 6.07) is 10.8. The number of carbonyl (C=O) groups excluding carboxylic acids is 2. The van der Waals surface area contributed by atoms with E-state index in [9.17, 15) is 9.59 Å². The Morgan fingerprint density at radius 1 is 1.29 bits per heavy atom. The van der Waals surface area contributed by atoms with Gasteiger partial charge in [0.05, 0.1) is 15.7 Å². The normalized spacial score (nSPS) is 14.1. The number of thiophene rings is 1. The molecule has 1 aliphatic heterocycles. The zero-order valence-corrected chi connectivity index (χ0v) is 12.4. The second kappa shape index (κ2) is 5.71. The minimum absolute atomic E-state index is 0.0192. The van der Waals surface area contributed by atoms with Gasteiger partial charge < -0.3 is 5.32 Å². The topological polar surface area (TPSA) is 49.4 Å². The van der Waals surface area contributed by atoms with E-state index in [4.69, 9.17) is 11.6 Å². The predicted octanol–water partition coefficient (Wildman–Crippen LogP) is 3.40. The Morgan fingerprint density at radius 3 is 2.86 bits per heavy atom. The van der Waals surface area contributed by atoms with E-state index in [1.54, 1.807) is 18.2 Å². The Bertz CT molecular complexity index is 739. The van der Waals surface area contributed by atoms with E-state index in [0.717, 1.165) is 4.88 Å². The Kier molecular flexibility index (Phi) is 3.77. The van der Waals surface area contributed by atoms with Crippen LogP contribution in [0.5, 0.6) is 0 Å². The van der Waals surface area contributed by atoms with Gasteiger partial charge in [0.1, 0.15) is 6.54 Å². The lowest BCUT2D eigenvalue weighted by Gasteiger charge is -2.28. The smallest absolute Gasteiger partial charge is 0.251 e. The van der Waals surface area contributed by atoms with Gasteiger partial charge in [0.25, 0.3) is 5.91 Å². The first-order valence-corrected chi connectivity index (χ1v) is 7.47. The fourth-order valence-electron chi connectivity index (χ4n) is 2.09. The highest BCUT2D eigenvalue weighted by Crippen LogP contribution is 2.29. The molecule has 0 aliphatic carbocycles. The zero-order valence-electron chi connectivity index (χ0n) is 10.9. The van der Waals surface area contributed by atoms with Gasteiger partial charge in [-0.2, -0.15) is 0 Å². The van der Waals surface area contributed by atoms with Crippen LogP contribution in [0, 0.1) is 0 Å². The van der Waals surface area contributed by atoms with Crippen LogP contribution in [0.3, 0.4) is 0 Å². The first kappa shape index (κ1) is 13.9. The number of amides is 2. The van der Waals surface area contributed by atoms with Crippen molar-refractivity contribution >= 4 is 52.2 Å². The number of nitrogens with zero attached hydrogens (tertiary/aromatic N) is 1. The van der Waals surface area contributed by atoms with Gasteiger partial charge in [0, 0.05) is 11.0 Å². The second-order valence-corrected chi connectivity index (χ2v) is 6.21. The van der Waals surface area contributed by atoms with Crippen LogP contribution in [0.15, 0.2) is 42.5 Å². The van der Waals surface area contributed by atoms with E-state index in [2.05, 4.69) is 5.32 Å². The molecule has 0 spiro atoms. The highest BCUT2D eigenvalue weighted by molar-refractivity contribution is 7.17. The Balaban J connectivity index is 1.85. The molecule has 6 heteroatoms. The van der Waals surface area contributed by atoms with Gasteiger partial charge in [-0.1, -0.05) is 23.7 Å². The SMILES string of the molecule is O=C1CN(C(=O)/C=C/c2ccc(Cl)s2)c2ccccc2N1. The number of fused-ring (bicyclic) bond motifs is 1. The van der Waals surface area contributed by atoms with Crippen molar-refractivity contribution in [3.05, 3.63) is 51.7 Å². The first-order valence-electron chi connectivity index (χ1n) is 6.27. The number of benzene rings is 1. The largest absolute Gasteiger partial charge is 0.323 e. The summed E-state index contributed by atoms with van der Waals surface area (Å²) in [6.07, 6.45) is 3.16. The van der Waals surface area contributed by atoms with Gasteiger partial charge in [-0.3, -0.25) is 14.5 Å². The minimum Gasteiger partial charge on any atom is -0.323 e. The summed E-state index contributed by atoms with van der Waals surface area (Å²) in [5.41, 5.74) is 1.35. The molecule has 4 nitrogen and oxygen atoms in total. The van der Waals surface area contributed by atoms with E-state index in [-0.39, 0.29) is 18.4 Å². The predicted molar refractivity (Wildman–Crippen MR) is 85.8 cm³/mol. The van der Waals surface area contributed by atoms with Gasteiger partial charge in [0.15, 0.2) is 0 Å². The van der Waals surface area contributed by atoms with E-state index < -0.39 is 0 Å². The van der Waals surface area contributed by atoms with Crippen molar-refractivity contribution in [1.29, 1.82) is 0 Å². The van der Waals surface area contributed by atoms with Gasteiger partial charge in [-0.15, -0.1) is 11.3 Å². The molecule has 2 aromatic rings. The maximum atomic E-state index is 12.3. The maximum absolute atomic E-state index is 12.3. The zero-order chi connectivity index (χ0) is 14.8. The summed E-state index contributed by atoms with van der Waals surface area (Å²) in [7, 11) is 0. The van der Waals surface area contributed by atoms with Crippen molar-refractivity contribution in [3.63, 3.8) is 0 Å². The number of hydrogen-bond donors (Lipinski definition) is 1. The van der Waals surface area contributed by atoms with Crippen LogP contribution in [0.2, 0.25) is 4.34 Å². The fourth-order valence-corrected chi connectivity index (χ4v) is 3.05. The summed E-state index contributed by atoms with van der Waals surface area (Å²) >= 11 is 7.24. The Morgan fingerprint density at radius 2 is 2.10 bits per heavy atom. The molecular formula is C15H11ClN2O2S. The lowest BCUT2D eigenvalue weighted by Crippen LogP contribution is -2.41. The van der Waals surface area contributed by atoms with Gasteiger partial charge in [0.2, 0.25) is 5.91 Å². The van der Waals surface area contributed by atoms with E-state index in [1.807, 2.05) is 24.3 Å². The monoisotopic (exact) mass is 318 g/mol. The molecule has 2 heterocycles. The lowest BCUT2D eigenvalue weighted by atomic mass is 10.2. The number of rotatable bonds is 2. The van der Waals surface area contributed by atoms with Crippen LogP contribution < -0.4 is 10.2 Å². The molecule has 1 N–H and O–H groups in total. The van der Waals surface area contributed by atoms with Gasteiger partial charge >= 0.3 is 0 Å². The summed E-state index contributed by atoms with van der Waals surface area (Å²) in [6.45, 7) is 0.0192. The van der Waals surface area contributed by atoms with E-state index >= 15 is 0 Å². The highest BCUT2D eigenvalue weighted by Gasteiger charge is 2.25. The van der Waals surface area contributed by atoms with Crippen LogP contribution in [-0.2, 0) is 9.59 Å². The molecule has 0 fully saturated rings. The molecule has 21 heavy (non-hydrogen) atoms. The number of nitrogens with one attached hydrogen (secondary N) is 1. The summed E-state index contributed by atoms with van der Waals surface area (Å²) < 4.78 is 0.671. The lowest BCUT2D eigenvalue weighted by molar-refractivity contribution is -0.119. The molecule has 0 atom stereocenters. The maximum Gasteiger partial charge on any atom is 0.251 e. The van der Waals surface area contributed by atoms with Crippen LogP contribution in [0.25, 0.3) is 6.08 Å². The number of para-hydroxylation sites is 2. The van der Waals surface area contributed by atoms with Crippen LogP contribution in [0.1, 0.15) is 4.88 Å². The molecule has 1 aliphatic rings. The molecule has 3 rings (SSSR count). The summed E-state index contributed by atoms with van der Waals surface area (Å²) in [5, 5.41) is 2.75. The number of carbonyl (C=O) groups is 2. The van der Waals surface area contributed by atoms with Crippen LogP contribution in [0.4, 0.5) is 11.4 Å². The third kappa shape index (κ3) is 2.99. The van der Waals surface area contributed by atoms with E-state index in [1.165, 1.54) is 22.3 Å². The Labute approximate surface area is 130 Å². The van der Waals surface area contributed by atoms with E-state index in [0.29, 0.717) is 15.7 Å². The third-order valence-corrected chi connectivity index (χ3v) is 4.22. The number of hydrogen-bond acceptors (Lipinski definition) is 3. The Hall–Kier alpha value is -2.11. The minimum atomic E-state index is -0.234. The van der Waals surface area contributed by atoms with Crippen molar-refractivity contribution in [1.82, 2.24) is 0 Å². The molecule has 106 valence electrons. The molecule has 1 aromatic carbocycles. The third-order valence-electron chi connectivity index (χ3n) is 3.02. The molecule has 0 bridgehead atoms. The molecule has 1 aromatic heterocycles. The van der Waals surface area contributed by atoms with Crippen molar-refractivity contribution in [2.24, 2.45) is 0 Å². The highest BCUT2D eigenvalue weighted by atomic mass is 35.5. The van der Waals surface area contributed by atoms with Crippen molar-refractivity contribution in [2.75, 3.05) is 16.8 Å². The number of anilines is 2. The van der Waals surface area contributed by atoms with Crippen LogP contribution >= 0.6 is 22.9 Å². The fraction of sp³-hybridized carbons (Fsp3) is 0.0667. The summed E-state index contributed by atoms with van der Waals surface area (Å²) in [4.78, 5) is 26.3. The molecule has 2 amide bonds. The average Bonchev–Trinajstić information content (AvgIpc) is 2.89. The number of halogens is 1. The van der Waals surface area contributed by atoms with Crippen molar-refractivity contribution < 1.29 is 9.59 Å². The quantitative estimate of drug-likeness (QED) is 0.863. The molecular weight excluding hydrogens is 308 g/mol. The summed E-state index contributed by atoms with van der Waals surface area (Å²) in [5.74, 6) is -0.434. The van der Waals surface area contributed by atoms with Gasteiger partial charge in [-0.25, -0.2) is 0 Å². The van der Waals surface area contributed by atoms with Crippen molar-refractivity contribution in [3.8, 4) is 0 Å². The molecule has 0 saturated heterocycles. The molecule has 0 unspecified atom stereocenters. The van der Waals surface area contributed by atoms with Gasteiger partial charge in [-0.05, 0) is 30.3 Å².